The molecule has 0 aliphatic heterocycles. The Balaban J connectivity index is 2.52. The minimum absolute atomic E-state index is 0.319. The molecule has 1 saturated carbocycles. The van der Waals surface area contributed by atoms with Crippen molar-refractivity contribution in [1.82, 2.24) is 5.32 Å². The molecule has 1 fully saturated rings. The Bertz CT molecular complexity index is 235. The number of hydrogen-bond acceptors (Lipinski definition) is 2. The minimum atomic E-state index is 0.319. The molecule has 0 aromatic carbocycles. The first-order chi connectivity index (χ1) is 7.47. The van der Waals surface area contributed by atoms with Crippen molar-refractivity contribution in [3.05, 3.63) is 0 Å². The summed E-state index contributed by atoms with van der Waals surface area (Å²) in [4.78, 5) is 11.7. The number of hydrogen-bond donors (Lipinski definition) is 1. The molecule has 2 heteroatoms. The van der Waals surface area contributed by atoms with E-state index in [9.17, 15) is 4.79 Å². The van der Waals surface area contributed by atoms with Crippen LogP contribution in [0.3, 0.4) is 0 Å². The summed E-state index contributed by atoms with van der Waals surface area (Å²) in [5.41, 5.74) is 0. The zero-order valence-electron chi connectivity index (χ0n) is 11.4. The monoisotopic (exact) mass is 225 g/mol. The zero-order valence-corrected chi connectivity index (χ0v) is 11.4. The van der Waals surface area contributed by atoms with E-state index in [-0.39, 0.29) is 0 Å². The molecular weight excluding hydrogens is 198 g/mol. The third-order valence-electron chi connectivity index (χ3n) is 4.28. The van der Waals surface area contributed by atoms with E-state index in [0.29, 0.717) is 35.5 Å². The van der Waals surface area contributed by atoms with Crippen LogP contribution >= 0.6 is 0 Å². The van der Waals surface area contributed by atoms with Gasteiger partial charge in [0.15, 0.2) is 0 Å². The number of ketones is 1. The maximum atomic E-state index is 11.7. The van der Waals surface area contributed by atoms with Crippen molar-refractivity contribution in [2.45, 2.75) is 53.0 Å². The fourth-order valence-electron chi connectivity index (χ4n) is 2.83. The SMILES string of the molecule is CNC(C)CC(C)C(C)C(C(C)=O)C1CC1. The molecule has 0 bridgehead atoms. The standard InChI is InChI=1S/C14H27NO/c1-9(8-10(2)15-5)11(3)14(12(4)16)13-6-7-13/h9-11,13-15H,6-8H2,1-5H3. The Morgan fingerprint density at radius 2 is 1.88 bits per heavy atom. The van der Waals surface area contributed by atoms with Crippen molar-refractivity contribution in [2.24, 2.45) is 23.7 Å². The first-order valence-corrected chi connectivity index (χ1v) is 6.65. The van der Waals surface area contributed by atoms with Crippen LogP contribution in [-0.2, 0) is 4.79 Å². The number of Topliss-reactive ketones (excluding diaryl/α,β-unsaturated/α-hetero) is 1. The Labute approximate surface area is 100 Å². The molecule has 0 aromatic rings. The van der Waals surface area contributed by atoms with Crippen molar-refractivity contribution in [3.8, 4) is 0 Å². The highest BCUT2D eigenvalue weighted by Crippen LogP contribution is 2.43. The molecule has 0 radical (unpaired) electrons. The van der Waals surface area contributed by atoms with Crippen LogP contribution in [0.25, 0.3) is 0 Å². The summed E-state index contributed by atoms with van der Waals surface area (Å²) in [5.74, 6) is 2.57. The normalized spacial score (nSPS) is 23.6. The topological polar surface area (TPSA) is 29.1 Å². The minimum Gasteiger partial charge on any atom is -0.317 e. The molecule has 2 nitrogen and oxygen atoms in total. The second kappa shape index (κ2) is 5.81. The molecule has 0 aromatic heterocycles. The van der Waals surface area contributed by atoms with Crippen molar-refractivity contribution in [3.63, 3.8) is 0 Å². The molecule has 0 amide bonds. The highest BCUT2D eigenvalue weighted by atomic mass is 16.1. The van der Waals surface area contributed by atoms with Crippen LogP contribution in [0.5, 0.6) is 0 Å². The van der Waals surface area contributed by atoms with E-state index >= 15 is 0 Å². The van der Waals surface area contributed by atoms with Crippen molar-refractivity contribution in [1.29, 1.82) is 0 Å². The van der Waals surface area contributed by atoms with Crippen molar-refractivity contribution in [2.75, 3.05) is 7.05 Å². The van der Waals surface area contributed by atoms with E-state index in [1.54, 1.807) is 6.92 Å². The van der Waals surface area contributed by atoms with Crippen LogP contribution in [-0.4, -0.2) is 18.9 Å². The molecule has 0 heterocycles. The van der Waals surface area contributed by atoms with Gasteiger partial charge in [0.25, 0.3) is 0 Å². The van der Waals surface area contributed by atoms with Crippen LogP contribution in [0, 0.1) is 23.7 Å². The van der Waals surface area contributed by atoms with Gasteiger partial charge in [-0.05, 0) is 57.9 Å². The van der Waals surface area contributed by atoms with Gasteiger partial charge in [-0.25, -0.2) is 0 Å². The molecule has 94 valence electrons. The average molecular weight is 225 g/mol. The van der Waals surface area contributed by atoms with Gasteiger partial charge in [0.2, 0.25) is 0 Å². The van der Waals surface area contributed by atoms with Crippen LogP contribution < -0.4 is 5.32 Å². The molecule has 1 aliphatic carbocycles. The van der Waals surface area contributed by atoms with E-state index < -0.39 is 0 Å². The molecular formula is C14H27NO. The highest BCUT2D eigenvalue weighted by molar-refractivity contribution is 5.79. The maximum Gasteiger partial charge on any atom is 0.133 e. The van der Waals surface area contributed by atoms with E-state index in [4.69, 9.17) is 0 Å². The second-order valence-electron chi connectivity index (χ2n) is 5.74. The molecule has 1 aliphatic rings. The van der Waals surface area contributed by atoms with E-state index in [1.165, 1.54) is 12.8 Å². The molecule has 4 atom stereocenters. The van der Waals surface area contributed by atoms with Gasteiger partial charge in [0, 0.05) is 12.0 Å². The summed E-state index contributed by atoms with van der Waals surface area (Å²) in [6, 6.07) is 0.546. The summed E-state index contributed by atoms with van der Waals surface area (Å²) < 4.78 is 0. The number of carbonyl (C=O) groups excluding carboxylic acids is 1. The van der Waals surface area contributed by atoms with Gasteiger partial charge < -0.3 is 5.32 Å². The van der Waals surface area contributed by atoms with Gasteiger partial charge >= 0.3 is 0 Å². The Hall–Kier alpha value is -0.370. The van der Waals surface area contributed by atoms with Crippen LogP contribution in [0.1, 0.15) is 47.0 Å². The smallest absolute Gasteiger partial charge is 0.133 e. The zero-order chi connectivity index (χ0) is 12.3. The lowest BCUT2D eigenvalue weighted by molar-refractivity contribution is -0.123. The fraction of sp³-hybridized carbons (Fsp3) is 0.929. The van der Waals surface area contributed by atoms with Crippen LogP contribution in [0.4, 0.5) is 0 Å². The van der Waals surface area contributed by atoms with Gasteiger partial charge in [-0.3, -0.25) is 4.79 Å². The molecule has 0 spiro atoms. The Morgan fingerprint density at radius 3 is 2.25 bits per heavy atom. The van der Waals surface area contributed by atoms with Gasteiger partial charge in [0.05, 0.1) is 0 Å². The van der Waals surface area contributed by atoms with Gasteiger partial charge in [-0.1, -0.05) is 13.8 Å². The summed E-state index contributed by atoms with van der Waals surface area (Å²) in [7, 11) is 2.01. The number of carbonyl (C=O) groups is 1. The number of nitrogens with one attached hydrogen (secondary N) is 1. The van der Waals surface area contributed by atoms with Crippen molar-refractivity contribution < 1.29 is 4.79 Å². The largest absolute Gasteiger partial charge is 0.317 e. The molecule has 0 saturated heterocycles. The third-order valence-corrected chi connectivity index (χ3v) is 4.28. The predicted molar refractivity (Wildman–Crippen MR) is 68.4 cm³/mol. The van der Waals surface area contributed by atoms with Gasteiger partial charge in [0.1, 0.15) is 5.78 Å². The van der Waals surface area contributed by atoms with E-state index in [0.717, 1.165) is 6.42 Å². The number of rotatable bonds is 7. The summed E-state index contributed by atoms with van der Waals surface area (Å²) in [5, 5.41) is 3.28. The van der Waals surface area contributed by atoms with Gasteiger partial charge in [-0.2, -0.15) is 0 Å². The summed E-state index contributed by atoms with van der Waals surface area (Å²) >= 11 is 0. The molecule has 4 unspecified atom stereocenters. The molecule has 1 rings (SSSR count). The fourth-order valence-corrected chi connectivity index (χ4v) is 2.83. The van der Waals surface area contributed by atoms with E-state index in [1.807, 2.05) is 7.05 Å². The summed E-state index contributed by atoms with van der Waals surface area (Å²) in [6.07, 6.45) is 3.69. The van der Waals surface area contributed by atoms with Crippen molar-refractivity contribution >= 4 is 5.78 Å². The lowest BCUT2D eigenvalue weighted by Gasteiger charge is -2.29. The molecule has 16 heavy (non-hydrogen) atoms. The maximum absolute atomic E-state index is 11.7. The lowest BCUT2D eigenvalue weighted by Crippen LogP contribution is -2.31. The highest BCUT2D eigenvalue weighted by Gasteiger charge is 2.39. The Morgan fingerprint density at radius 1 is 1.31 bits per heavy atom. The second-order valence-corrected chi connectivity index (χ2v) is 5.74. The third kappa shape index (κ3) is 3.58. The quantitative estimate of drug-likeness (QED) is 0.722. The average Bonchev–Trinajstić information content (AvgIpc) is 3.01. The van der Waals surface area contributed by atoms with Crippen LogP contribution in [0.15, 0.2) is 0 Å². The first-order valence-electron chi connectivity index (χ1n) is 6.65. The Kier molecular flexibility index (Phi) is 4.97. The lowest BCUT2D eigenvalue weighted by atomic mass is 9.77. The summed E-state index contributed by atoms with van der Waals surface area (Å²) in [6.45, 7) is 8.53. The first kappa shape index (κ1) is 13.7. The van der Waals surface area contributed by atoms with Crippen LogP contribution in [0.2, 0.25) is 0 Å². The predicted octanol–water partition coefficient (Wildman–Crippen LogP) is 2.87. The van der Waals surface area contributed by atoms with Gasteiger partial charge in [-0.15, -0.1) is 0 Å². The van der Waals surface area contributed by atoms with E-state index in [2.05, 4.69) is 26.1 Å². The molecule has 1 N–H and O–H groups in total.